The smallest absolute Gasteiger partial charge is 0.130 e. The topological polar surface area (TPSA) is 55.5 Å². The first-order chi connectivity index (χ1) is 10.1. The Hall–Kier alpha value is -1.62. The lowest BCUT2D eigenvalue weighted by Crippen LogP contribution is -2.21. The summed E-state index contributed by atoms with van der Waals surface area (Å²) >= 11 is 6.00. The molecule has 21 heavy (non-hydrogen) atoms. The zero-order valence-electron chi connectivity index (χ0n) is 11.6. The van der Waals surface area contributed by atoms with Crippen molar-refractivity contribution in [3.63, 3.8) is 0 Å². The van der Waals surface area contributed by atoms with Crippen molar-refractivity contribution < 1.29 is 14.2 Å². The fourth-order valence-electron chi connectivity index (χ4n) is 2.29. The molecule has 0 aromatic heterocycles. The summed E-state index contributed by atoms with van der Waals surface area (Å²) in [6.45, 7) is 0.165. The van der Waals surface area contributed by atoms with Crippen molar-refractivity contribution in [3.8, 4) is 5.75 Å². The van der Waals surface area contributed by atoms with Crippen molar-refractivity contribution in [1.29, 1.82) is 0 Å². The van der Waals surface area contributed by atoms with Crippen molar-refractivity contribution in [2.75, 3.05) is 13.7 Å². The average Bonchev–Trinajstić information content (AvgIpc) is 2.48. The van der Waals surface area contributed by atoms with Crippen LogP contribution in [0.25, 0.3) is 0 Å². The van der Waals surface area contributed by atoms with E-state index in [9.17, 15) is 9.50 Å². The molecule has 2 aromatic rings. The predicted molar refractivity (Wildman–Crippen MR) is 81.2 cm³/mol. The van der Waals surface area contributed by atoms with E-state index in [-0.39, 0.29) is 17.1 Å². The standard InChI is InChI=1S/C16H17ClFNO2/c1-21-11-7-5-10(6-8-11)12(9-19)16(20)15-13(17)3-2-4-14(15)18/h2-8,12,16,20H,9,19H2,1H3. The summed E-state index contributed by atoms with van der Waals surface area (Å²) in [5.41, 5.74) is 6.63. The van der Waals surface area contributed by atoms with E-state index in [1.807, 2.05) is 0 Å². The first-order valence-electron chi connectivity index (χ1n) is 6.54. The number of ether oxygens (including phenoxy) is 1. The van der Waals surface area contributed by atoms with Crippen molar-refractivity contribution in [2.24, 2.45) is 5.73 Å². The van der Waals surface area contributed by atoms with Crippen LogP contribution in [0.4, 0.5) is 4.39 Å². The highest BCUT2D eigenvalue weighted by molar-refractivity contribution is 6.31. The van der Waals surface area contributed by atoms with Gasteiger partial charge in [0.1, 0.15) is 11.6 Å². The van der Waals surface area contributed by atoms with E-state index < -0.39 is 17.8 Å². The number of rotatable bonds is 5. The molecule has 0 saturated heterocycles. The molecule has 0 fully saturated rings. The van der Waals surface area contributed by atoms with Gasteiger partial charge >= 0.3 is 0 Å². The molecule has 5 heteroatoms. The van der Waals surface area contributed by atoms with E-state index in [0.29, 0.717) is 5.75 Å². The molecule has 3 N–H and O–H groups in total. The van der Waals surface area contributed by atoms with Crippen LogP contribution in [0.3, 0.4) is 0 Å². The summed E-state index contributed by atoms with van der Waals surface area (Å²) in [5.74, 6) is -0.291. The number of benzene rings is 2. The fraction of sp³-hybridized carbons (Fsp3) is 0.250. The van der Waals surface area contributed by atoms with Gasteiger partial charge in [0.05, 0.1) is 13.2 Å². The summed E-state index contributed by atoms with van der Waals surface area (Å²) in [5, 5.41) is 10.7. The minimum absolute atomic E-state index is 0.0745. The van der Waals surface area contributed by atoms with E-state index in [4.69, 9.17) is 22.1 Å². The van der Waals surface area contributed by atoms with E-state index in [1.165, 1.54) is 12.1 Å². The lowest BCUT2D eigenvalue weighted by atomic mass is 9.89. The summed E-state index contributed by atoms with van der Waals surface area (Å²) in [7, 11) is 1.57. The van der Waals surface area contributed by atoms with E-state index >= 15 is 0 Å². The molecule has 0 bridgehead atoms. The van der Waals surface area contributed by atoms with Crippen LogP contribution >= 0.6 is 11.6 Å². The highest BCUT2D eigenvalue weighted by atomic mass is 35.5. The van der Waals surface area contributed by atoms with E-state index in [2.05, 4.69) is 0 Å². The first-order valence-corrected chi connectivity index (χ1v) is 6.92. The maximum Gasteiger partial charge on any atom is 0.130 e. The molecule has 2 rings (SSSR count). The van der Waals surface area contributed by atoms with Gasteiger partial charge in [-0.25, -0.2) is 4.39 Å². The summed E-state index contributed by atoms with van der Waals surface area (Å²) in [4.78, 5) is 0. The second kappa shape index (κ2) is 6.89. The van der Waals surface area contributed by atoms with Gasteiger partial charge in [-0.15, -0.1) is 0 Å². The Kier molecular flexibility index (Phi) is 5.17. The average molecular weight is 310 g/mol. The van der Waals surface area contributed by atoms with Gasteiger partial charge in [0.2, 0.25) is 0 Å². The molecule has 0 heterocycles. The van der Waals surface area contributed by atoms with Crippen LogP contribution in [0.1, 0.15) is 23.1 Å². The van der Waals surface area contributed by atoms with Gasteiger partial charge in [-0.3, -0.25) is 0 Å². The second-order valence-corrected chi connectivity index (χ2v) is 5.10. The Labute approximate surface area is 128 Å². The van der Waals surface area contributed by atoms with Crippen LogP contribution < -0.4 is 10.5 Å². The third kappa shape index (κ3) is 3.35. The molecule has 3 nitrogen and oxygen atoms in total. The van der Waals surface area contributed by atoms with Crippen molar-refractivity contribution in [3.05, 3.63) is 64.4 Å². The van der Waals surface area contributed by atoms with Crippen LogP contribution in [-0.2, 0) is 0 Å². The van der Waals surface area contributed by atoms with Gasteiger partial charge in [0.25, 0.3) is 0 Å². The Bertz CT molecular complexity index is 583. The Morgan fingerprint density at radius 1 is 1.24 bits per heavy atom. The van der Waals surface area contributed by atoms with Gasteiger partial charge < -0.3 is 15.6 Å². The van der Waals surface area contributed by atoms with Gasteiger partial charge in [0, 0.05) is 23.0 Å². The quantitative estimate of drug-likeness (QED) is 0.891. The van der Waals surface area contributed by atoms with Crippen LogP contribution in [0.15, 0.2) is 42.5 Å². The van der Waals surface area contributed by atoms with Crippen LogP contribution in [0.2, 0.25) is 5.02 Å². The molecule has 2 atom stereocenters. The molecule has 2 aromatic carbocycles. The third-order valence-corrected chi connectivity index (χ3v) is 3.80. The van der Waals surface area contributed by atoms with Gasteiger partial charge in [-0.2, -0.15) is 0 Å². The summed E-state index contributed by atoms with van der Waals surface area (Å²) < 4.78 is 19.0. The number of nitrogens with two attached hydrogens (primary N) is 1. The third-order valence-electron chi connectivity index (χ3n) is 3.47. The molecule has 2 unspecified atom stereocenters. The van der Waals surface area contributed by atoms with Gasteiger partial charge in [-0.05, 0) is 29.8 Å². The number of hydrogen-bond donors (Lipinski definition) is 2. The zero-order valence-corrected chi connectivity index (χ0v) is 12.3. The first kappa shape index (κ1) is 15.8. The van der Waals surface area contributed by atoms with Crippen LogP contribution in [0.5, 0.6) is 5.75 Å². The molecule has 0 spiro atoms. The van der Waals surface area contributed by atoms with E-state index in [1.54, 1.807) is 37.4 Å². The SMILES string of the molecule is COc1ccc(C(CN)C(O)c2c(F)cccc2Cl)cc1. The molecule has 112 valence electrons. The lowest BCUT2D eigenvalue weighted by molar-refractivity contribution is 0.143. The predicted octanol–water partition coefficient (Wildman–Crippen LogP) is 3.26. The zero-order chi connectivity index (χ0) is 15.4. The minimum Gasteiger partial charge on any atom is -0.497 e. The summed E-state index contributed by atoms with van der Waals surface area (Å²) in [6, 6.07) is 11.5. The maximum atomic E-state index is 13.9. The monoisotopic (exact) mass is 309 g/mol. The largest absolute Gasteiger partial charge is 0.497 e. The Morgan fingerprint density at radius 2 is 1.90 bits per heavy atom. The van der Waals surface area contributed by atoms with Crippen LogP contribution in [0, 0.1) is 5.82 Å². The molecular formula is C16H17ClFNO2. The Balaban J connectivity index is 2.35. The second-order valence-electron chi connectivity index (χ2n) is 4.70. The number of methoxy groups -OCH3 is 1. The van der Waals surface area contributed by atoms with Crippen LogP contribution in [-0.4, -0.2) is 18.8 Å². The van der Waals surface area contributed by atoms with Crippen molar-refractivity contribution in [2.45, 2.75) is 12.0 Å². The van der Waals surface area contributed by atoms with Crippen molar-refractivity contribution in [1.82, 2.24) is 0 Å². The van der Waals surface area contributed by atoms with E-state index in [0.717, 1.165) is 5.56 Å². The van der Waals surface area contributed by atoms with Gasteiger partial charge in [-0.1, -0.05) is 29.8 Å². The highest BCUT2D eigenvalue weighted by Gasteiger charge is 2.26. The molecule has 0 saturated carbocycles. The molecule has 0 amide bonds. The van der Waals surface area contributed by atoms with Gasteiger partial charge in [0.15, 0.2) is 0 Å². The molecule has 0 aliphatic carbocycles. The molecular weight excluding hydrogens is 293 g/mol. The van der Waals surface area contributed by atoms with Crippen molar-refractivity contribution >= 4 is 11.6 Å². The fourth-order valence-corrected chi connectivity index (χ4v) is 2.57. The number of aliphatic hydroxyl groups is 1. The minimum atomic E-state index is -1.11. The number of hydrogen-bond acceptors (Lipinski definition) is 3. The number of halogens is 2. The molecule has 0 radical (unpaired) electrons. The lowest BCUT2D eigenvalue weighted by Gasteiger charge is -2.23. The Morgan fingerprint density at radius 3 is 2.43 bits per heavy atom. The molecule has 0 aliphatic rings. The normalized spacial score (nSPS) is 13.8. The highest BCUT2D eigenvalue weighted by Crippen LogP contribution is 2.35. The number of aliphatic hydroxyl groups excluding tert-OH is 1. The maximum absolute atomic E-state index is 13.9. The summed E-state index contributed by atoms with van der Waals surface area (Å²) in [6.07, 6.45) is -1.11. The molecule has 0 aliphatic heterocycles.